The lowest BCUT2D eigenvalue weighted by molar-refractivity contribution is -0.0677. The molecule has 4 rings (SSSR count). The maximum atomic E-state index is 10.1. The molecule has 4 atom stereocenters. The Kier molecular flexibility index (Phi) is 7.45. The van der Waals surface area contributed by atoms with E-state index in [4.69, 9.17) is 4.74 Å². The van der Waals surface area contributed by atoms with Crippen molar-refractivity contribution in [3.63, 3.8) is 0 Å². The predicted octanol–water partition coefficient (Wildman–Crippen LogP) is 2.07. The predicted molar refractivity (Wildman–Crippen MR) is 118 cm³/mol. The van der Waals surface area contributed by atoms with Gasteiger partial charge in [0.05, 0.1) is 6.61 Å². The number of hydrogen-bond acceptors (Lipinski definition) is 5. The number of rotatable bonds is 4. The molecule has 3 heterocycles. The fourth-order valence-corrected chi connectivity index (χ4v) is 5.45. The highest BCUT2D eigenvalue weighted by atomic mass is 16.5. The fourth-order valence-electron chi connectivity index (χ4n) is 5.45. The van der Waals surface area contributed by atoms with Gasteiger partial charge in [0.2, 0.25) is 0 Å². The van der Waals surface area contributed by atoms with Gasteiger partial charge < -0.3 is 19.8 Å². The van der Waals surface area contributed by atoms with Crippen LogP contribution >= 0.6 is 0 Å². The van der Waals surface area contributed by atoms with Gasteiger partial charge in [0, 0.05) is 49.9 Å². The molecule has 0 aliphatic carbocycles. The summed E-state index contributed by atoms with van der Waals surface area (Å²) in [5, 5.41) is 19.5. The quantitative estimate of drug-likeness (QED) is 0.742. The molecule has 3 saturated heterocycles. The summed E-state index contributed by atoms with van der Waals surface area (Å²) < 4.78 is 5.55. The molecule has 2 N–H and O–H groups in total. The highest BCUT2D eigenvalue weighted by Crippen LogP contribution is 2.42. The molecule has 0 saturated carbocycles. The maximum absolute atomic E-state index is 10.1. The van der Waals surface area contributed by atoms with Crippen molar-refractivity contribution in [2.24, 2.45) is 5.92 Å². The second-order valence-electron chi connectivity index (χ2n) is 9.17. The standard InChI is InChI=1S/C25H36N2O3/c1-19(29)4-5-20-6-8-22(9-7-20)25-23-17-26(16-21-10-14-30-15-11-21)12-2-3-13-27(23)24(25)18-28/h6-9,19,21,23-25,28-29H,2-3,10-18H2,1H3/t19-,23-,24-,25-/m1/s1. The van der Waals surface area contributed by atoms with Gasteiger partial charge in [-0.2, -0.15) is 0 Å². The molecule has 0 spiro atoms. The third-order valence-corrected chi connectivity index (χ3v) is 7.03. The molecule has 0 amide bonds. The van der Waals surface area contributed by atoms with Crippen molar-refractivity contribution in [3.8, 4) is 11.8 Å². The van der Waals surface area contributed by atoms with Crippen LogP contribution in [0.2, 0.25) is 0 Å². The van der Waals surface area contributed by atoms with E-state index in [9.17, 15) is 10.2 Å². The van der Waals surface area contributed by atoms with Crippen LogP contribution in [0.4, 0.5) is 0 Å². The van der Waals surface area contributed by atoms with Crippen LogP contribution in [-0.4, -0.2) is 84.2 Å². The van der Waals surface area contributed by atoms with Crippen LogP contribution in [-0.2, 0) is 4.74 Å². The number of hydrogen-bond donors (Lipinski definition) is 2. The largest absolute Gasteiger partial charge is 0.395 e. The normalized spacial score (nSPS) is 29.6. The van der Waals surface area contributed by atoms with Gasteiger partial charge in [-0.25, -0.2) is 0 Å². The van der Waals surface area contributed by atoms with Crippen molar-refractivity contribution < 1.29 is 14.9 Å². The first-order valence-corrected chi connectivity index (χ1v) is 11.6. The summed E-state index contributed by atoms with van der Waals surface area (Å²) in [6.07, 6.45) is 4.20. The van der Waals surface area contributed by atoms with E-state index in [2.05, 4.69) is 33.8 Å². The van der Waals surface area contributed by atoms with E-state index < -0.39 is 6.10 Å². The molecule has 5 nitrogen and oxygen atoms in total. The Hall–Kier alpha value is -1.42. The van der Waals surface area contributed by atoms with Crippen molar-refractivity contribution in [3.05, 3.63) is 35.4 Å². The highest BCUT2D eigenvalue weighted by Gasteiger charge is 2.49. The SMILES string of the molecule is C[C@@H](O)C#Cc1ccc([C@H]2[C@@H](CO)N3CCCCN(CC4CCOCC4)C[C@H]23)cc1. The molecule has 1 aromatic rings. The molecule has 3 fully saturated rings. The molecule has 3 aliphatic heterocycles. The van der Waals surface area contributed by atoms with Crippen LogP contribution in [0.15, 0.2) is 24.3 Å². The van der Waals surface area contributed by atoms with E-state index in [1.807, 2.05) is 12.1 Å². The van der Waals surface area contributed by atoms with Gasteiger partial charge in [0.1, 0.15) is 6.10 Å². The zero-order chi connectivity index (χ0) is 20.9. The summed E-state index contributed by atoms with van der Waals surface area (Å²) in [7, 11) is 0. The monoisotopic (exact) mass is 412 g/mol. The summed E-state index contributed by atoms with van der Waals surface area (Å²) in [6, 6.07) is 9.11. The molecular weight excluding hydrogens is 376 g/mol. The number of ether oxygens (including phenoxy) is 1. The number of aliphatic hydroxyl groups is 2. The number of nitrogens with zero attached hydrogens (tertiary/aromatic N) is 2. The van der Waals surface area contributed by atoms with Gasteiger partial charge in [-0.1, -0.05) is 24.0 Å². The molecule has 0 unspecified atom stereocenters. The van der Waals surface area contributed by atoms with Crippen LogP contribution in [0, 0.1) is 17.8 Å². The number of fused-ring (bicyclic) bond motifs is 1. The Balaban J connectivity index is 1.47. The molecule has 3 aliphatic rings. The lowest BCUT2D eigenvalue weighted by Gasteiger charge is -2.57. The van der Waals surface area contributed by atoms with Crippen molar-refractivity contribution in [2.75, 3.05) is 46.0 Å². The first-order chi connectivity index (χ1) is 14.7. The van der Waals surface area contributed by atoms with E-state index >= 15 is 0 Å². The van der Waals surface area contributed by atoms with Gasteiger partial charge >= 0.3 is 0 Å². The summed E-state index contributed by atoms with van der Waals surface area (Å²) >= 11 is 0. The van der Waals surface area contributed by atoms with E-state index in [0.717, 1.165) is 37.8 Å². The van der Waals surface area contributed by atoms with Crippen LogP contribution in [0.1, 0.15) is 49.7 Å². The van der Waals surface area contributed by atoms with Crippen LogP contribution in [0.3, 0.4) is 0 Å². The van der Waals surface area contributed by atoms with Gasteiger partial charge in [0.25, 0.3) is 0 Å². The van der Waals surface area contributed by atoms with Crippen molar-refractivity contribution in [1.82, 2.24) is 9.80 Å². The van der Waals surface area contributed by atoms with Crippen molar-refractivity contribution in [2.45, 2.75) is 56.7 Å². The van der Waals surface area contributed by atoms with E-state index in [0.29, 0.717) is 12.0 Å². The zero-order valence-corrected chi connectivity index (χ0v) is 18.2. The molecule has 5 heteroatoms. The Morgan fingerprint density at radius 2 is 1.87 bits per heavy atom. The lowest BCUT2D eigenvalue weighted by Crippen LogP contribution is -2.67. The maximum Gasteiger partial charge on any atom is 0.112 e. The molecule has 0 aromatic heterocycles. The number of benzene rings is 1. The molecule has 164 valence electrons. The Bertz CT molecular complexity index is 733. The van der Waals surface area contributed by atoms with Gasteiger partial charge in [-0.15, -0.1) is 0 Å². The van der Waals surface area contributed by atoms with E-state index in [-0.39, 0.29) is 12.6 Å². The van der Waals surface area contributed by atoms with Gasteiger partial charge in [-0.3, -0.25) is 4.90 Å². The van der Waals surface area contributed by atoms with Crippen molar-refractivity contribution in [1.29, 1.82) is 0 Å². The highest BCUT2D eigenvalue weighted by molar-refractivity contribution is 5.39. The van der Waals surface area contributed by atoms with Crippen LogP contribution in [0.25, 0.3) is 0 Å². The Morgan fingerprint density at radius 3 is 2.57 bits per heavy atom. The first-order valence-electron chi connectivity index (χ1n) is 11.6. The van der Waals surface area contributed by atoms with Crippen LogP contribution in [0.5, 0.6) is 0 Å². The Labute approximate surface area is 181 Å². The average molecular weight is 413 g/mol. The molecular formula is C25H36N2O3. The Morgan fingerprint density at radius 1 is 1.13 bits per heavy atom. The topological polar surface area (TPSA) is 56.2 Å². The minimum atomic E-state index is -0.611. The third-order valence-electron chi connectivity index (χ3n) is 7.03. The van der Waals surface area contributed by atoms with Gasteiger partial charge in [-0.05, 0) is 69.3 Å². The summed E-state index contributed by atoms with van der Waals surface area (Å²) in [5.41, 5.74) is 2.22. The zero-order valence-electron chi connectivity index (χ0n) is 18.2. The summed E-state index contributed by atoms with van der Waals surface area (Å²) in [6.45, 7) is 8.25. The molecule has 1 aromatic carbocycles. The molecule has 30 heavy (non-hydrogen) atoms. The van der Waals surface area contributed by atoms with E-state index in [1.165, 1.54) is 44.3 Å². The summed E-state index contributed by atoms with van der Waals surface area (Å²) in [5.74, 6) is 6.95. The first kappa shape index (κ1) is 21.8. The van der Waals surface area contributed by atoms with Crippen molar-refractivity contribution >= 4 is 0 Å². The molecule has 0 bridgehead atoms. The second kappa shape index (κ2) is 10.3. The fraction of sp³-hybridized carbons (Fsp3) is 0.680. The minimum absolute atomic E-state index is 0.213. The summed E-state index contributed by atoms with van der Waals surface area (Å²) in [4.78, 5) is 5.22. The third kappa shape index (κ3) is 5.07. The average Bonchev–Trinajstić information content (AvgIpc) is 2.74. The second-order valence-corrected chi connectivity index (χ2v) is 9.17. The molecule has 0 radical (unpaired) electrons. The number of aliphatic hydroxyl groups excluding tert-OH is 2. The van der Waals surface area contributed by atoms with Crippen LogP contribution < -0.4 is 0 Å². The van der Waals surface area contributed by atoms with Gasteiger partial charge in [0.15, 0.2) is 0 Å². The minimum Gasteiger partial charge on any atom is -0.395 e. The smallest absolute Gasteiger partial charge is 0.112 e. The van der Waals surface area contributed by atoms with E-state index in [1.54, 1.807) is 6.92 Å². The lowest BCUT2D eigenvalue weighted by atomic mass is 9.74.